The molecule has 0 fully saturated rings. The zero-order chi connectivity index (χ0) is 47.8. The van der Waals surface area contributed by atoms with Gasteiger partial charge >= 0.3 is 0 Å². The number of hydrogen-bond acceptors (Lipinski definition) is 4. The van der Waals surface area contributed by atoms with E-state index in [2.05, 4.69) is 138 Å². The fraction of sp³-hybridized carbons (Fsp3) is 0.0484. The van der Waals surface area contributed by atoms with Crippen LogP contribution in [0.4, 0.5) is 8.78 Å². The Morgan fingerprint density at radius 2 is 1.21 bits per heavy atom. The molecule has 12 aromatic rings. The molecular formula is C62H44F2IrN4SSi-2. The van der Waals surface area contributed by atoms with Gasteiger partial charge in [0.1, 0.15) is 16.5 Å². The van der Waals surface area contributed by atoms with E-state index in [1.54, 1.807) is 6.07 Å². The van der Waals surface area contributed by atoms with Gasteiger partial charge in [-0.25, -0.2) is 13.8 Å². The number of aromatic nitrogens is 4. The van der Waals surface area contributed by atoms with Gasteiger partial charge in [0.15, 0.2) is 0 Å². The minimum absolute atomic E-state index is 0. The Balaban J connectivity index is 0.000000292. The molecule has 12 rings (SSSR count). The average Bonchev–Trinajstić information content (AvgIpc) is 3.98. The van der Waals surface area contributed by atoms with Gasteiger partial charge in [0, 0.05) is 42.9 Å². The van der Waals surface area contributed by atoms with E-state index in [-0.39, 0.29) is 31.4 Å². The van der Waals surface area contributed by atoms with Crippen LogP contribution < -0.4 is 5.19 Å². The number of halogens is 2. The van der Waals surface area contributed by atoms with Crippen LogP contribution in [0.5, 0.6) is 0 Å². The van der Waals surface area contributed by atoms with Crippen LogP contribution in [-0.4, -0.2) is 27.6 Å². The smallest absolute Gasteiger partial charge is 0.135 e. The molecule has 0 aliphatic heterocycles. The Hall–Kier alpha value is -7.52. The summed E-state index contributed by atoms with van der Waals surface area (Å²) in [6, 6.07) is 74.5. The Morgan fingerprint density at radius 1 is 0.563 bits per heavy atom. The van der Waals surface area contributed by atoms with Crippen molar-refractivity contribution in [3.8, 4) is 73.0 Å². The van der Waals surface area contributed by atoms with Crippen molar-refractivity contribution in [1.29, 1.82) is 0 Å². The van der Waals surface area contributed by atoms with Crippen LogP contribution in [0.1, 0.15) is 0 Å². The monoisotopic (exact) mass is 1140 g/mol. The Labute approximate surface area is 430 Å². The molecule has 4 heterocycles. The molecular weight excluding hydrogens is 1090 g/mol. The SMILES string of the molecule is C[Si](C)(C)c1ccc(-c2[c-]cccc2)nc1.Fc1cccc(F)c1-c1ccc2c(n1)sc1c(-c3nc4ccccc4n3-c3ccc(-c4ccccc4)cc3-c3ccccc3)[c-]cc(-c3ccccc3)c12.[Ir]. The number of benzene rings is 8. The zero-order valence-electron chi connectivity index (χ0n) is 39.0. The van der Waals surface area contributed by atoms with Crippen LogP contribution in [0.3, 0.4) is 0 Å². The third-order valence-corrected chi connectivity index (χ3v) is 15.7. The normalized spacial score (nSPS) is 11.3. The average molecular weight is 1140 g/mol. The minimum atomic E-state index is -1.23. The summed E-state index contributed by atoms with van der Waals surface area (Å²) in [5, 5.41) is 3.28. The van der Waals surface area contributed by atoms with Crippen LogP contribution in [-0.2, 0) is 20.1 Å². The molecule has 1 radical (unpaired) electrons. The third kappa shape index (κ3) is 9.33. The summed E-state index contributed by atoms with van der Waals surface area (Å²) < 4.78 is 33.2. The summed E-state index contributed by atoms with van der Waals surface area (Å²) in [7, 11) is -1.23. The first-order chi connectivity index (χ1) is 34.2. The van der Waals surface area contributed by atoms with E-state index in [0.29, 0.717) is 4.83 Å². The maximum Gasteiger partial charge on any atom is 0.135 e. The Kier molecular flexibility index (Phi) is 13.3. The van der Waals surface area contributed by atoms with Gasteiger partial charge < -0.3 is 9.55 Å². The van der Waals surface area contributed by atoms with Crippen LogP contribution in [0.15, 0.2) is 212 Å². The van der Waals surface area contributed by atoms with E-state index < -0.39 is 19.7 Å². The molecule has 0 aliphatic rings. The number of imidazole rings is 1. The van der Waals surface area contributed by atoms with Crippen molar-refractivity contribution in [3.05, 3.63) is 236 Å². The van der Waals surface area contributed by atoms with E-state index in [4.69, 9.17) is 9.97 Å². The largest absolute Gasteiger partial charge is 0.333 e. The molecule has 0 saturated heterocycles. The molecule has 0 amide bonds. The molecule has 4 aromatic heterocycles. The molecule has 347 valence electrons. The van der Waals surface area contributed by atoms with E-state index in [1.165, 1.54) is 34.7 Å². The van der Waals surface area contributed by atoms with Crippen molar-refractivity contribution >= 4 is 55.9 Å². The molecule has 4 nitrogen and oxygen atoms in total. The fourth-order valence-electron chi connectivity index (χ4n) is 8.97. The molecule has 9 heteroatoms. The second-order valence-corrected chi connectivity index (χ2v) is 24.2. The minimum Gasteiger partial charge on any atom is -0.333 e. The predicted octanol–water partition coefficient (Wildman–Crippen LogP) is 16.3. The van der Waals surface area contributed by atoms with Crippen molar-refractivity contribution < 1.29 is 28.9 Å². The Morgan fingerprint density at radius 3 is 1.87 bits per heavy atom. The van der Waals surface area contributed by atoms with Crippen LogP contribution in [0.25, 0.3) is 104 Å². The number of rotatable bonds is 8. The maximum absolute atomic E-state index is 15.0. The molecule has 71 heavy (non-hydrogen) atoms. The molecule has 0 atom stereocenters. The Bertz CT molecular complexity index is 3800. The number of para-hydroxylation sites is 2. The number of fused-ring (bicyclic) bond motifs is 4. The van der Waals surface area contributed by atoms with Gasteiger partial charge in [0.2, 0.25) is 0 Å². The summed E-state index contributed by atoms with van der Waals surface area (Å²) in [5.74, 6) is -0.566. The molecule has 0 aliphatic carbocycles. The third-order valence-electron chi connectivity index (χ3n) is 12.5. The number of pyridine rings is 2. The van der Waals surface area contributed by atoms with Crippen molar-refractivity contribution in [3.63, 3.8) is 0 Å². The van der Waals surface area contributed by atoms with E-state index >= 15 is 8.78 Å². The maximum atomic E-state index is 15.0. The van der Waals surface area contributed by atoms with Gasteiger partial charge in [-0.15, -0.1) is 48.0 Å². The standard InChI is InChI=1S/C48H28F2N3S.C14H16NSi.Ir/c49-38-19-12-20-39(50)45(38)41-27-26-35-44-34(31-15-6-2-7-16-31)24-25-36(46(44)54-48(35)52-41)47-51-40-21-10-11-22-43(40)53(47)42-28-23-33(30-13-4-1-5-14-30)29-37(42)32-17-8-3-9-18-32;1-16(2,3)13-9-10-14(15-11-13)12-7-5-4-6-8-12;/h1-24,26-29H;4-7,9-11H,1-3H3;/q2*-1;. The molecule has 8 aromatic carbocycles. The quantitative estimate of drug-likeness (QED) is 0.112. The first-order valence-electron chi connectivity index (χ1n) is 23.1. The van der Waals surface area contributed by atoms with Gasteiger partial charge in [-0.1, -0.05) is 175 Å². The van der Waals surface area contributed by atoms with Gasteiger partial charge in [-0.2, -0.15) is 11.3 Å². The molecule has 0 bridgehead atoms. The van der Waals surface area contributed by atoms with E-state index in [1.807, 2.05) is 91.1 Å². The molecule has 0 saturated carbocycles. The van der Waals surface area contributed by atoms with Gasteiger partial charge in [0.25, 0.3) is 0 Å². The summed E-state index contributed by atoms with van der Waals surface area (Å²) in [6.07, 6.45) is 2.02. The van der Waals surface area contributed by atoms with Crippen LogP contribution >= 0.6 is 11.3 Å². The predicted molar refractivity (Wildman–Crippen MR) is 289 cm³/mol. The van der Waals surface area contributed by atoms with Gasteiger partial charge in [-0.3, -0.25) is 4.98 Å². The molecule has 0 N–H and O–H groups in total. The van der Waals surface area contributed by atoms with Crippen LogP contribution in [0, 0.1) is 23.8 Å². The van der Waals surface area contributed by atoms with Crippen molar-refractivity contribution in [2.24, 2.45) is 0 Å². The van der Waals surface area contributed by atoms with E-state index in [9.17, 15) is 0 Å². The van der Waals surface area contributed by atoms with Crippen molar-refractivity contribution in [1.82, 2.24) is 19.5 Å². The fourth-order valence-corrected chi connectivity index (χ4v) is 11.2. The molecule has 0 spiro atoms. The van der Waals surface area contributed by atoms with Crippen molar-refractivity contribution in [2.75, 3.05) is 0 Å². The zero-order valence-corrected chi connectivity index (χ0v) is 43.2. The summed E-state index contributed by atoms with van der Waals surface area (Å²) >= 11 is 1.49. The van der Waals surface area contributed by atoms with Gasteiger partial charge in [0.05, 0.1) is 36.2 Å². The van der Waals surface area contributed by atoms with Gasteiger partial charge in [-0.05, 0) is 74.7 Å². The van der Waals surface area contributed by atoms with Crippen molar-refractivity contribution in [2.45, 2.75) is 19.6 Å². The first kappa shape index (κ1) is 47.2. The summed E-state index contributed by atoms with van der Waals surface area (Å²) in [6.45, 7) is 7.00. The second kappa shape index (κ2) is 20.1. The van der Waals surface area contributed by atoms with E-state index in [0.717, 1.165) is 88.2 Å². The van der Waals surface area contributed by atoms with Crippen LogP contribution in [0.2, 0.25) is 19.6 Å². The summed E-state index contributed by atoms with van der Waals surface area (Å²) in [4.78, 5) is 15.4. The topological polar surface area (TPSA) is 43.6 Å². The number of nitrogens with zero attached hydrogens (tertiary/aromatic N) is 4. The number of hydrogen-bond donors (Lipinski definition) is 0. The first-order valence-corrected chi connectivity index (χ1v) is 27.5. The molecule has 0 unspecified atom stereocenters. The summed E-state index contributed by atoms with van der Waals surface area (Å²) in [5.41, 5.74) is 12.2. The number of thiophene rings is 1. The second-order valence-electron chi connectivity index (χ2n) is 18.1.